The molecule has 0 bridgehead atoms. The Labute approximate surface area is 328 Å². The highest BCUT2D eigenvalue weighted by Crippen LogP contribution is 2.66. The third kappa shape index (κ3) is 18.6. The summed E-state index contributed by atoms with van der Waals surface area (Å²) in [6.07, 6.45) is -1.47. The Bertz CT molecular complexity index is 1740. The van der Waals surface area contributed by atoms with Crippen molar-refractivity contribution in [1.29, 1.82) is 0 Å². The molecule has 30 heteroatoms. The number of ether oxygens (including phenoxy) is 6. The van der Waals surface area contributed by atoms with E-state index < -0.39 is 58.8 Å². The molecule has 1 amide bonds. The van der Waals surface area contributed by atoms with Gasteiger partial charge in [-0.05, 0) is 13.8 Å². The van der Waals surface area contributed by atoms with Crippen molar-refractivity contribution in [2.45, 2.75) is 49.9 Å². The maximum absolute atomic E-state index is 12.4. The van der Waals surface area contributed by atoms with Crippen LogP contribution in [-0.2, 0) is 60.1 Å². The molecule has 1 aliphatic heterocycles. The van der Waals surface area contributed by atoms with Gasteiger partial charge in [-0.3, -0.25) is 23.7 Å². The third-order valence-electron chi connectivity index (χ3n) is 6.94. The second-order valence-electron chi connectivity index (χ2n) is 12.1. The van der Waals surface area contributed by atoms with Crippen LogP contribution in [0, 0.1) is 0 Å². The Morgan fingerprint density at radius 3 is 2.27 bits per heavy atom. The number of hydrogen-bond donors (Lipinski definition) is 8. The van der Waals surface area contributed by atoms with E-state index in [1.807, 2.05) is 13.8 Å². The number of aromatic nitrogens is 4. The van der Waals surface area contributed by atoms with Gasteiger partial charge in [-0.1, -0.05) is 21.6 Å². The van der Waals surface area contributed by atoms with Crippen LogP contribution in [0.4, 0.5) is 5.95 Å². The van der Waals surface area contributed by atoms with Crippen molar-refractivity contribution in [3.05, 3.63) is 16.7 Å². The van der Waals surface area contributed by atoms with Crippen molar-refractivity contribution in [3.8, 4) is 0 Å². The fourth-order valence-corrected chi connectivity index (χ4v) is 9.76. The second-order valence-corrected chi connectivity index (χ2v) is 19.4. The molecule has 5 atom stereocenters. The van der Waals surface area contributed by atoms with Crippen LogP contribution in [0.1, 0.15) is 32.9 Å². The van der Waals surface area contributed by atoms with Crippen LogP contribution in [0.5, 0.6) is 0 Å². The molecule has 0 saturated carbocycles. The fraction of sp³-hybridized carbons (Fsp3) is 0.769. The van der Waals surface area contributed by atoms with Crippen molar-refractivity contribution < 1.29 is 79.6 Å². The molecule has 3 unspecified atom stereocenters. The van der Waals surface area contributed by atoms with Crippen LogP contribution in [0.3, 0.4) is 0 Å². The quantitative estimate of drug-likeness (QED) is 0.0236. The number of nitrogens with one attached hydrogen (secondary N) is 2. The van der Waals surface area contributed by atoms with Crippen LogP contribution >= 0.6 is 45.1 Å². The first-order chi connectivity index (χ1) is 26.3. The van der Waals surface area contributed by atoms with Gasteiger partial charge in [0.15, 0.2) is 11.2 Å². The van der Waals surface area contributed by atoms with Crippen LogP contribution in [0.15, 0.2) is 11.1 Å². The number of carbonyl (C=O) groups is 1. The van der Waals surface area contributed by atoms with E-state index in [1.165, 1.54) is 32.5 Å². The summed E-state index contributed by atoms with van der Waals surface area (Å²) >= 11 is 0. The van der Waals surface area contributed by atoms with Crippen molar-refractivity contribution in [3.63, 3.8) is 0 Å². The number of fused-ring (bicyclic) bond motifs is 1. The molecule has 25 nitrogen and oxygen atoms in total. The van der Waals surface area contributed by atoms with E-state index >= 15 is 0 Å². The van der Waals surface area contributed by atoms with Gasteiger partial charge in [-0.2, -0.15) is 13.6 Å². The van der Waals surface area contributed by atoms with Crippen molar-refractivity contribution in [2.24, 2.45) is 5.73 Å². The number of rotatable bonds is 29. The monoisotopic (exact) mass is 903 g/mol. The highest BCUT2D eigenvalue weighted by atomic mass is 33.1. The minimum absolute atomic E-state index is 0.0370. The van der Waals surface area contributed by atoms with Crippen LogP contribution in [0.25, 0.3) is 11.2 Å². The van der Waals surface area contributed by atoms with Gasteiger partial charge in [0.1, 0.15) is 18.3 Å². The highest BCUT2D eigenvalue weighted by molar-refractivity contribution is 8.77. The first-order valence-electron chi connectivity index (χ1n) is 16.7. The zero-order valence-electron chi connectivity index (χ0n) is 30.4. The summed E-state index contributed by atoms with van der Waals surface area (Å²) < 4.78 is 81.8. The number of nitrogens with zero attached hydrogens (tertiary/aromatic N) is 3. The minimum atomic E-state index is -5.76. The summed E-state index contributed by atoms with van der Waals surface area (Å²) in [5.74, 6) is -0.361. The van der Waals surface area contributed by atoms with Crippen molar-refractivity contribution in [1.82, 2.24) is 24.8 Å². The summed E-state index contributed by atoms with van der Waals surface area (Å²) in [5.41, 5.74) is 10.4. The maximum Gasteiger partial charge on any atom is 0.490 e. The standard InChI is InChI=1S/C26H48N7O18P3S2/c1-26(2,15-29-20(34)3-5-43-7-9-45-11-12-46-10-8-44-6-4-27)56-55-17-47-18-13-21(33-16-30-22-23(33)31-25(28)32-24(22)35)49-19(18)14-48-53(39,40)51-54(41,42)50-52(36,37)38/h16,18-19,21H,3-15,17,27H2,1-2H3,(H,29,34)(H,39,40)(H,41,42)(H2,36,37,38)(H3,28,31,32,35)/t18?,19-,21-/m1/s1. The average molecular weight is 904 g/mol. The largest absolute Gasteiger partial charge is 0.490 e. The van der Waals surface area contributed by atoms with Gasteiger partial charge in [0.25, 0.3) is 5.56 Å². The molecule has 1 fully saturated rings. The van der Waals surface area contributed by atoms with E-state index in [1.54, 1.807) is 0 Å². The molecule has 322 valence electrons. The van der Waals surface area contributed by atoms with Crippen LogP contribution < -0.4 is 22.3 Å². The number of imidazole rings is 1. The Kier molecular flexibility index (Phi) is 20.3. The molecule has 0 aliphatic carbocycles. The van der Waals surface area contributed by atoms with E-state index in [9.17, 15) is 33.1 Å². The predicted molar refractivity (Wildman–Crippen MR) is 200 cm³/mol. The first-order valence-corrected chi connectivity index (χ1v) is 23.5. The number of amides is 1. The van der Waals surface area contributed by atoms with Gasteiger partial charge >= 0.3 is 23.5 Å². The average Bonchev–Trinajstić information content (AvgIpc) is 3.69. The summed E-state index contributed by atoms with van der Waals surface area (Å²) in [4.78, 5) is 72.1. The van der Waals surface area contributed by atoms with Gasteiger partial charge in [-0.25, -0.2) is 18.7 Å². The van der Waals surface area contributed by atoms with E-state index in [4.69, 9.17) is 54.2 Å². The Morgan fingerprint density at radius 1 is 1.02 bits per heavy atom. The lowest BCUT2D eigenvalue weighted by atomic mass is 10.2. The molecule has 0 spiro atoms. The second kappa shape index (κ2) is 23.3. The zero-order valence-corrected chi connectivity index (χ0v) is 34.7. The molecule has 2 aromatic rings. The summed E-state index contributed by atoms with van der Waals surface area (Å²) in [7, 11) is -14.1. The molecule has 0 aromatic carbocycles. The molecule has 56 heavy (non-hydrogen) atoms. The number of aromatic amines is 1. The zero-order chi connectivity index (χ0) is 41.4. The lowest BCUT2D eigenvalue weighted by Gasteiger charge is -2.24. The number of nitrogen functional groups attached to an aromatic ring is 1. The van der Waals surface area contributed by atoms with Gasteiger partial charge in [0, 0.05) is 30.7 Å². The van der Waals surface area contributed by atoms with E-state index in [-0.39, 0.29) is 48.4 Å². The third-order valence-corrected chi connectivity index (χ3v) is 13.7. The number of carbonyl (C=O) groups excluding carboxylic acids is 1. The van der Waals surface area contributed by atoms with Gasteiger partial charge in [-0.15, -0.1) is 0 Å². The summed E-state index contributed by atoms with van der Waals surface area (Å²) in [5, 5.41) is 2.86. The van der Waals surface area contributed by atoms with Crippen molar-refractivity contribution in [2.75, 3.05) is 84.2 Å². The van der Waals surface area contributed by atoms with Gasteiger partial charge in [0.2, 0.25) is 11.9 Å². The molecule has 1 saturated heterocycles. The minimum Gasteiger partial charge on any atom is -0.379 e. The molecule has 3 rings (SSSR count). The first kappa shape index (κ1) is 48.8. The molecular weight excluding hydrogens is 855 g/mol. The molecule has 0 radical (unpaired) electrons. The number of phosphoric acid groups is 3. The highest BCUT2D eigenvalue weighted by Gasteiger charge is 2.44. The SMILES string of the molecule is CC(C)(CNC(=O)CCOCCOCCOCCOCCN)SSCOC1C[C@H](n2cnc3c(=O)[nH]c(N)nc32)O[C@@H]1COP(=O)(O)OP(=O)(O)OP(=O)(O)O. The molecule has 3 heterocycles. The summed E-state index contributed by atoms with van der Waals surface area (Å²) in [6, 6.07) is 0. The lowest BCUT2D eigenvalue weighted by molar-refractivity contribution is -0.122. The smallest absolute Gasteiger partial charge is 0.379 e. The fourth-order valence-electron chi connectivity index (χ4n) is 4.56. The molecular formula is C26H48N7O18P3S2. The maximum atomic E-state index is 12.4. The normalized spacial score (nSPS) is 19.9. The number of nitrogens with two attached hydrogens (primary N) is 2. The summed E-state index contributed by atoms with van der Waals surface area (Å²) in [6.45, 7) is 6.92. The van der Waals surface area contributed by atoms with Gasteiger partial charge in [0.05, 0.1) is 71.9 Å². The number of H-pyrrole nitrogens is 1. The Hall–Kier alpha value is -1.55. The lowest BCUT2D eigenvalue weighted by Crippen LogP contribution is -2.36. The Balaban J connectivity index is 1.44. The van der Waals surface area contributed by atoms with Gasteiger partial charge < -0.3 is 64.8 Å². The molecule has 1 aliphatic rings. The Morgan fingerprint density at radius 2 is 1.64 bits per heavy atom. The van der Waals surface area contributed by atoms with Crippen molar-refractivity contribution >= 4 is 68.1 Å². The van der Waals surface area contributed by atoms with E-state index in [0.717, 1.165) is 0 Å². The topological polar surface area (TPSA) is 360 Å². The van der Waals surface area contributed by atoms with E-state index in [0.29, 0.717) is 59.3 Å². The number of anilines is 1. The van der Waals surface area contributed by atoms with Crippen LogP contribution in [0.2, 0.25) is 0 Å². The molecule has 10 N–H and O–H groups in total. The molecule has 2 aromatic heterocycles. The predicted octanol–water partition coefficient (Wildman–Crippen LogP) is 0.367. The van der Waals surface area contributed by atoms with E-state index in [2.05, 4.69) is 28.9 Å². The number of hydrogen-bond acceptors (Lipinski definition) is 20. The van der Waals surface area contributed by atoms with Crippen LogP contribution in [-0.4, -0.2) is 140 Å². The number of phosphoric ester groups is 1.